The third kappa shape index (κ3) is 2.84. The molecule has 0 spiro atoms. The zero-order valence-corrected chi connectivity index (χ0v) is 11.0. The Morgan fingerprint density at radius 3 is 2.56 bits per heavy atom. The van der Waals surface area contributed by atoms with E-state index in [0.29, 0.717) is 12.5 Å². The van der Waals surface area contributed by atoms with Crippen LogP contribution >= 0.6 is 11.3 Å². The number of aryl methyl sites for hydroxylation is 2. The first-order valence-electron chi connectivity index (χ1n) is 6.08. The number of rotatable bonds is 3. The largest absolute Gasteiger partial charge is 0.396 e. The standard InChI is InChI=1S/C13H21NOS/c1-10-7-13(11(2)16-10)8-14-5-3-12(9-15)4-6-14/h7,12,15H,3-6,8-9H2,1-2H3. The van der Waals surface area contributed by atoms with E-state index in [0.717, 1.165) is 32.5 Å². The zero-order valence-electron chi connectivity index (χ0n) is 10.2. The van der Waals surface area contributed by atoms with Gasteiger partial charge in [-0.05, 0) is 57.3 Å². The minimum absolute atomic E-state index is 0.366. The van der Waals surface area contributed by atoms with Crippen LogP contribution in [0.3, 0.4) is 0 Å². The van der Waals surface area contributed by atoms with Gasteiger partial charge < -0.3 is 5.11 Å². The highest BCUT2D eigenvalue weighted by Gasteiger charge is 2.19. The van der Waals surface area contributed by atoms with E-state index in [1.807, 2.05) is 11.3 Å². The van der Waals surface area contributed by atoms with Gasteiger partial charge in [0.1, 0.15) is 0 Å². The molecule has 0 bridgehead atoms. The molecule has 1 aliphatic heterocycles. The molecule has 0 amide bonds. The number of aliphatic hydroxyl groups is 1. The normalized spacial score (nSPS) is 19.2. The fourth-order valence-corrected chi connectivity index (χ4v) is 3.35. The lowest BCUT2D eigenvalue weighted by molar-refractivity contribution is 0.127. The number of hydrogen-bond acceptors (Lipinski definition) is 3. The van der Waals surface area contributed by atoms with Crippen molar-refractivity contribution in [2.45, 2.75) is 33.2 Å². The lowest BCUT2D eigenvalue weighted by Crippen LogP contribution is -2.34. The minimum Gasteiger partial charge on any atom is -0.396 e. The number of likely N-dealkylation sites (tertiary alicyclic amines) is 1. The topological polar surface area (TPSA) is 23.5 Å². The highest BCUT2D eigenvalue weighted by molar-refractivity contribution is 7.12. The van der Waals surface area contributed by atoms with Crippen molar-refractivity contribution in [3.8, 4) is 0 Å². The van der Waals surface area contributed by atoms with Crippen LogP contribution in [0.5, 0.6) is 0 Å². The molecule has 2 heterocycles. The molecule has 1 fully saturated rings. The summed E-state index contributed by atoms with van der Waals surface area (Å²) in [5.41, 5.74) is 1.49. The van der Waals surface area contributed by atoms with E-state index in [1.165, 1.54) is 15.3 Å². The van der Waals surface area contributed by atoms with Crippen LogP contribution in [-0.4, -0.2) is 29.7 Å². The van der Waals surface area contributed by atoms with Crippen molar-refractivity contribution >= 4 is 11.3 Å². The van der Waals surface area contributed by atoms with Crippen LogP contribution in [0, 0.1) is 19.8 Å². The maximum atomic E-state index is 9.10. The first-order valence-corrected chi connectivity index (χ1v) is 6.90. The minimum atomic E-state index is 0.366. The molecule has 1 aromatic rings. The van der Waals surface area contributed by atoms with Crippen molar-refractivity contribution in [2.75, 3.05) is 19.7 Å². The van der Waals surface area contributed by atoms with Gasteiger partial charge in [-0.1, -0.05) is 0 Å². The number of hydrogen-bond donors (Lipinski definition) is 1. The fourth-order valence-electron chi connectivity index (χ4n) is 2.41. The van der Waals surface area contributed by atoms with E-state index in [-0.39, 0.29) is 0 Å². The first-order chi connectivity index (χ1) is 7.69. The number of piperidine rings is 1. The maximum Gasteiger partial charge on any atom is 0.0460 e. The molecule has 0 saturated carbocycles. The van der Waals surface area contributed by atoms with Crippen LogP contribution in [0.1, 0.15) is 28.2 Å². The number of aliphatic hydroxyl groups excluding tert-OH is 1. The fraction of sp³-hybridized carbons (Fsp3) is 0.692. The van der Waals surface area contributed by atoms with Gasteiger partial charge in [-0.2, -0.15) is 0 Å². The van der Waals surface area contributed by atoms with Crippen LogP contribution in [0.25, 0.3) is 0 Å². The summed E-state index contributed by atoms with van der Waals surface area (Å²) >= 11 is 1.90. The Morgan fingerprint density at radius 2 is 2.06 bits per heavy atom. The van der Waals surface area contributed by atoms with Gasteiger partial charge in [0.15, 0.2) is 0 Å². The lowest BCUT2D eigenvalue weighted by Gasteiger charge is -2.30. The molecule has 0 radical (unpaired) electrons. The summed E-state index contributed by atoms with van der Waals surface area (Å²) in [5, 5.41) is 9.10. The first kappa shape index (κ1) is 12.1. The SMILES string of the molecule is Cc1cc(CN2CCC(CO)CC2)c(C)s1. The number of nitrogens with zero attached hydrogens (tertiary/aromatic N) is 1. The van der Waals surface area contributed by atoms with Crippen molar-refractivity contribution in [1.29, 1.82) is 0 Å². The van der Waals surface area contributed by atoms with Gasteiger partial charge in [0.2, 0.25) is 0 Å². The molecule has 1 aliphatic rings. The Hall–Kier alpha value is -0.380. The average molecular weight is 239 g/mol. The van der Waals surface area contributed by atoms with Gasteiger partial charge in [-0.3, -0.25) is 4.90 Å². The van der Waals surface area contributed by atoms with Gasteiger partial charge in [-0.25, -0.2) is 0 Å². The predicted octanol–water partition coefficient (Wildman–Crippen LogP) is 2.57. The predicted molar refractivity (Wildman–Crippen MR) is 68.9 cm³/mol. The van der Waals surface area contributed by atoms with Crippen molar-refractivity contribution in [2.24, 2.45) is 5.92 Å². The second-order valence-electron chi connectivity index (χ2n) is 4.84. The van der Waals surface area contributed by atoms with Crippen LogP contribution in [0.15, 0.2) is 6.07 Å². The van der Waals surface area contributed by atoms with E-state index < -0.39 is 0 Å². The number of thiophene rings is 1. The summed E-state index contributed by atoms with van der Waals surface area (Å²) in [5.74, 6) is 0.543. The van der Waals surface area contributed by atoms with E-state index >= 15 is 0 Å². The summed E-state index contributed by atoms with van der Waals surface area (Å²) < 4.78 is 0. The van der Waals surface area contributed by atoms with Gasteiger partial charge in [0, 0.05) is 22.9 Å². The highest BCUT2D eigenvalue weighted by atomic mass is 32.1. The molecule has 1 N–H and O–H groups in total. The van der Waals surface area contributed by atoms with E-state index in [4.69, 9.17) is 5.11 Å². The summed E-state index contributed by atoms with van der Waals surface area (Å²) in [7, 11) is 0. The summed E-state index contributed by atoms with van der Waals surface area (Å²) in [6.07, 6.45) is 2.30. The Balaban J connectivity index is 1.89. The van der Waals surface area contributed by atoms with Gasteiger partial charge in [0.25, 0.3) is 0 Å². The van der Waals surface area contributed by atoms with Crippen molar-refractivity contribution < 1.29 is 5.11 Å². The molecule has 0 atom stereocenters. The molecule has 1 saturated heterocycles. The third-order valence-electron chi connectivity index (χ3n) is 3.50. The van der Waals surface area contributed by atoms with Crippen molar-refractivity contribution in [1.82, 2.24) is 4.90 Å². The van der Waals surface area contributed by atoms with Crippen molar-refractivity contribution in [3.63, 3.8) is 0 Å². The van der Waals surface area contributed by atoms with E-state index in [9.17, 15) is 0 Å². The van der Waals surface area contributed by atoms with Crippen LogP contribution in [-0.2, 0) is 6.54 Å². The average Bonchev–Trinajstić information content (AvgIpc) is 2.59. The Labute approximate surface area is 102 Å². The molecule has 90 valence electrons. The Morgan fingerprint density at radius 1 is 1.38 bits per heavy atom. The summed E-state index contributed by atoms with van der Waals surface area (Å²) in [4.78, 5) is 5.39. The quantitative estimate of drug-likeness (QED) is 0.876. The molecule has 3 heteroatoms. The van der Waals surface area contributed by atoms with E-state index in [1.54, 1.807) is 0 Å². The highest BCUT2D eigenvalue weighted by Crippen LogP contribution is 2.24. The van der Waals surface area contributed by atoms with Gasteiger partial charge >= 0.3 is 0 Å². The molecule has 0 aromatic carbocycles. The molecular formula is C13H21NOS. The van der Waals surface area contributed by atoms with Gasteiger partial charge in [-0.15, -0.1) is 11.3 Å². The molecule has 2 nitrogen and oxygen atoms in total. The molecule has 0 unspecified atom stereocenters. The van der Waals surface area contributed by atoms with E-state index in [2.05, 4.69) is 24.8 Å². The lowest BCUT2D eigenvalue weighted by atomic mass is 9.97. The monoisotopic (exact) mass is 239 g/mol. The third-order valence-corrected chi connectivity index (χ3v) is 4.51. The molecule has 16 heavy (non-hydrogen) atoms. The van der Waals surface area contributed by atoms with Gasteiger partial charge in [0.05, 0.1) is 0 Å². The summed E-state index contributed by atoms with van der Waals surface area (Å²) in [6, 6.07) is 2.32. The zero-order chi connectivity index (χ0) is 11.5. The Kier molecular flexibility index (Phi) is 4.00. The molecule has 0 aliphatic carbocycles. The second-order valence-corrected chi connectivity index (χ2v) is 6.30. The Bertz CT molecular complexity index is 340. The van der Waals surface area contributed by atoms with Crippen LogP contribution in [0.4, 0.5) is 0 Å². The molecule has 1 aromatic heterocycles. The van der Waals surface area contributed by atoms with Crippen LogP contribution in [0.2, 0.25) is 0 Å². The summed E-state index contributed by atoms with van der Waals surface area (Å²) in [6.45, 7) is 8.13. The van der Waals surface area contributed by atoms with Crippen LogP contribution < -0.4 is 0 Å². The molecule has 2 rings (SSSR count). The smallest absolute Gasteiger partial charge is 0.0460 e. The second kappa shape index (κ2) is 5.30. The molecular weight excluding hydrogens is 218 g/mol. The maximum absolute atomic E-state index is 9.10. The van der Waals surface area contributed by atoms with Crippen molar-refractivity contribution in [3.05, 3.63) is 21.4 Å².